The van der Waals surface area contributed by atoms with Gasteiger partial charge in [0, 0.05) is 0 Å². The third-order valence-corrected chi connectivity index (χ3v) is 0. The van der Waals surface area contributed by atoms with E-state index in [1.54, 1.807) is 0 Å². The van der Waals surface area contributed by atoms with Crippen LogP contribution in [-0.4, -0.2) is 5.78 Å². The number of hydrogen-bond donors (Lipinski definition) is 0. The van der Waals surface area contributed by atoms with Crippen LogP contribution in [0, 0.1) is 0 Å². The molecule has 0 N–H and O–H groups in total. The molecule has 0 spiro atoms. The van der Waals surface area contributed by atoms with Gasteiger partial charge in [-0.2, -0.15) is 0 Å². The Bertz CT molecular complexity index is 33.8. The third-order valence-electron chi connectivity index (χ3n) is 0. The third kappa shape index (κ3) is 247. The molecule has 6 heavy (non-hydrogen) atoms. The molecule has 0 rings (SSSR count). The molecule has 3 heteroatoms. The molecule has 0 aliphatic carbocycles. The Labute approximate surface area is 49.9 Å². The molecular weight excluding hydrogens is 146 g/mol. The summed E-state index contributed by atoms with van der Waals surface area (Å²) in [6.07, 6.45) is 0. The number of rotatable bonds is 0. The topological polar surface area (TPSA) is 17.1 Å². The van der Waals surface area contributed by atoms with Crippen molar-refractivity contribution in [2.45, 2.75) is 13.8 Å². The monoisotopic (exact) mass is 152 g/mol. The van der Waals surface area contributed by atoms with Crippen molar-refractivity contribution < 1.29 is 19.6 Å². The molecule has 40 valence electrons. The van der Waals surface area contributed by atoms with Crippen LogP contribution >= 0.6 is 10.1 Å². The van der Waals surface area contributed by atoms with Crippen LogP contribution in [0.2, 0.25) is 0 Å². The Morgan fingerprint density at radius 2 is 1.50 bits per heavy atom. The van der Waals surface area contributed by atoms with Gasteiger partial charge in [0.25, 0.3) is 0 Å². The number of hydrogen-bond acceptors (Lipinski definition) is 1. The summed E-state index contributed by atoms with van der Waals surface area (Å²) < 4.78 is 0. The molecule has 0 saturated heterocycles. The molecular formula is C3H6ClCoO. The summed E-state index contributed by atoms with van der Waals surface area (Å²) in [5.74, 6) is 0.167. The molecule has 0 amide bonds. The van der Waals surface area contributed by atoms with Crippen LogP contribution in [0.3, 0.4) is 0 Å². The second-order valence-corrected chi connectivity index (χ2v) is 0.908. The van der Waals surface area contributed by atoms with Crippen molar-refractivity contribution in [2.24, 2.45) is 0 Å². The number of halogens is 1. The standard InChI is InChI=1S/C3H6O.ClH.Co/c1-3(2)4;;/h1-2H3;1H;/q;;+1/p-1. The Balaban J connectivity index is 0. The Kier molecular flexibility index (Phi) is 14.7. The van der Waals surface area contributed by atoms with Gasteiger partial charge in [-0.15, -0.1) is 0 Å². The zero-order chi connectivity index (χ0) is 5.58. The van der Waals surface area contributed by atoms with Crippen molar-refractivity contribution in [2.75, 3.05) is 0 Å². The summed E-state index contributed by atoms with van der Waals surface area (Å²) >= 11 is 3.03. The maximum absolute atomic E-state index is 9.44. The van der Waals surface area contributed by atoms with E-state index < -0.39 is 0 Å². The fraction of sp³-hybridized carbons (Fsp3) is 0.667. The van der Waals surface area contributed by atoms with Crippen LogP contribution in [0.4, 0.5) is 0 Å². The van der Waals surface area contributed by atoms with Gasteiger partial charge in [-0.1, -0.05) is 0 Å². The van der Waals surface area contributed by atoms with E-state index in [4.69, 9.17) is 0 Å². The first-order valence-corrected chi connectivity index (χ1v) is 2.76. The van der Waals surface area contributed by atoms with Gasteiger partial charge in [0.2, 0.25) is 0 Å². The molecule has 0 fully saturated rings. The van der Waals surface area contributed by atoms with Gasteiger partial charge >= 0.3 is 25.0 Å². The Hall–Kier alpha value is 0.466. The fourth-order valence-electron chi connectivity index (χ4n) is 0. The van der Waals surface area contributed by atoms with Gasteiger partial charge in [0.1, 0.15) is 5.78 Å². The Morgan fingerprint density at radius 3 is 1.50 bits per heavy atom. The minimum absolute atomic E-state index is 0.167. The number of carbonyl (C=O) groups is 1. The van der Waals surface area contributed by atoms with Gasteiger partial charge in [0.15, 0.2) is 0 Å². The average Bonchev–Trinajstić information content (AvgIpc) is 1.41. The van der Waals surface area contributed by atoms with E-state index in [2.05, 4.69) is 25.0 Å². The second-order valence-electron chi connectivity index (χ2n) is 0.908. The van der Waals surface area contributed by atoms with E-state index in [0.717, 1.165) is 0 Å². The predicted molar refractivity (Wildman–Crippen MR) is 22.2 cm³/mol. The van der Waals surface area contributed by atoms with E-state index in [1.165, 1.54) is 13.8 Å². The molecule has 0 bridgehead atoms. The van der Waals surface area contributed by atoms with Crippen molar-refractivity contribution in [3.8, 4) is 0 Å². The minimum atomic E-state index is 0.167. The summed E-state index contributed by atoms with van der Waals surface area (Å²) in [6, 6.07) is 0. The predicted octanol–water partition coefficient (Wildman–Crippen LogP) is 1.28. The molecule has 0 atom stereocenters. The quantitative estimate of drug-likeness (QED) is 0.511. The number of carbonyl (C=O) groups excluding carboxylic acids is 1. The number of ketones is 1. The first-order valence-electron chi connectivity index (χ1n) is 1.33. The molecule has 0 aliphatic rings. The van der Waals surface area contributed by atoms with Gasteiger partial charge < -0.3 is 4.79 Å². The van der Waals surface area contributed by atoms with E-state index in [-0.39, 0.29) is 5.78 Å². The number of Topliss-reactive ketones (excluding diaryl/α,β-unsaturated/α-hetero) is 1. The van der Waals surface area contributed by atoms with Crippen LogP contribution in [0.5, 0.6) is 0 Å². The summed E-state index contributed by atoms with van der Waals surface area (Å²) in [7, 11) is 4.33. The average molecular weight is 152 g/mol. The van der Waals surface area contributed by atoms with Crippen LogP contribution in [0.15, 0.2) is 0 Å². The van der Waals surface area contributed by atoms with Crippen LogP contribution in [0.25, 0.3) is 0 Å². The van der Waals surface area contributed by atoms with E-state index in [9.17, 15) is 4.79 Å². The van der Waals surface area contributed by atoms with E-state index in [1.807, 2.05) is 0 Å². The maximum atomic E-state index is 9.44. The summed E-state index contributed by atoms with van der Waals surface area (Å²) in [4.78, 5) is 9.44. The van der Waals surface area contributed by atoms with Crippen LogP contribution in [0.1, 0.15) is 13.8 Å². The van der Waals surface area contributed by atoms with Crippen molar-refractivity contribution in [3.05, 3.63) is 0 Å². The molecule has 0 unspecified atom stereocenters. The molecule has 0 aliphatic heterocycles. The summed E-state index contributed by atoms with van der Waals surface area (Å²) in [5, 5.41) is 0. The molecule has 0 radical (unpaired) electrons. The van der Waals surface area contributed by atoms with Gasteiger partial charge in [-0.25, -0.2) is 0 Å². The van der Waals surface area contributed by atoms with Crippen LogP contribution < -0.4 is 0 Å². The first-order chi connectivity index (χ1) is 2.73. The first kappa shape index (κ1) is 9.69. The zero-order valence-corrected chi connectivity index (χ0v) is 5.42. The molecule has 1 nitrogen and oxygen atoms in total. The van der Waals surface area contributed by atoms with Crippen molar-refractivity contribution in [1.29, 1.82) is 0 Å². The van der Waals surface area contributed by atoms with Crippen molar-refractivity contribution in [1.82, 2.24) is 0 Å². The van der Waals surface area contributed by atoms with Crippen molar-refractivity contribution >= 4 is 15.9 Å². The van der Waals surface area contributed by atoms with Gasteiger partial charge in [-0.05, 0) is 13.8 Å². The molecule has 0 aromatic rings. The summed E-state index contributed by atoms with van der Waals surface area (Å²) in [5.41, 5.74) is 0. The Morgan fingerprint density at radius 1 is 1.50 bits per heavy atom. The fourth-order valence-corrected chi connectivity index (χ4v) is 0. The van der Waals surface area contributed by atoms with E-state index >= 15 is 0 Å². The zero-order valence-electron chi connectivity index (χ0n) is 3.62. The van der Waals surface area contributed by atoms with Crippen molar-refractivity contribution in [3.63, 3.8) is 0 Å². The summed E-state index contributed by atoms with van der Waals surface area (Å²) in [6.45, 7) is 3.06. The molecule has 0 saturated carbocycles. The van der Waals surface area contributed by atoms with Gasteiger partial charge in [-0.3, -0.25) is 0 Å². The SMILES string of the molecule is CC(C)=O.[Cl][Co]. The van der Waals surface area contributed by atoms with Gasteiger partial charge in [0.05, 0.1) is 0 Å². The molecule has 0 heterocycles. The normalized spacial score (nSPS) is 5.50. The second kappa shape index (κ2) is 9.08. The van der Waals surface area contributed by atoms with Crippen LogP contribution in [-0.2, 0) is 19.6 Å². The van der Waals surface area contributed by atoms with E-state index in [0.29, 0.717) is 0 Å². The molecule has 0 aromatic heterocycles. The molecule has 0 aromatic carbocycles.